The molecule has 0 radical (unpaired) electrons. The van der Waals surface area contributed by atoms with Crippen LogP contribution in [-0.4, -0.2) is 67.7 Å². The van der Waals surface area contributed by atoms with Crippen LogP contribution >= 0.6 is 0 Å². The Bertz CT molecular complexity index is 523. The second-order valence-corrected chi connectivity index (χ2v) is 4.18. The molecule has 0 aliphatic carbocycles. The predicted molar refractivity (Wildman–Crippen MR) is 59.2 cm³/mol. The minimum absolute atomic E-state index is 0.609. The molecular weight excluding hydrogens is 279 g/mol. The van der Waals surface area contributed by atoms with Gasteiger partial charge in [0.05, 0.1) is 12.8 Å². The second kappa shape index (κ2) is 5.81. The van der Waals surface area contributed by atoms with Gasteiger partial charge in [-0.05, 0) is 0 Å². The van der Waals surface area contributed by atoms with Crippen molar-refractivity contribution in [2.75, 3.05) is 6.61 Å². The van der Waals surface area contributed by atoms with E-state index in [-0.39, 0.29) is 0 Å². The van der Waals surface area contributed by atoms with E-state index in [1.165, 1.54) is 0 Å². The van der Waals surface area contributed by atoms with E-state index in [1.54, 1.807) is 0 Å². The lowest BCUT2D eigenvalue weighted by Crippen LogP contribution is -2.60. The van der Waals surface area contributed by atoms with E-state index in [0.717, 1.165) is 0 Å². The zero-order valence-electron chi connectivity index (χ0n) is 10.0. The molecular formula is C10H13FN2O7. The number of nitrogens with zero attached hydrogens (tertiary/aromatic N) is 1. The van der Waals surface area contributed by atoms with Gasteiger partial charge in [0.2, 0.25) is 18.0 Å². The van der Waals surface area contributed by atoms with Crippen LogP contribution in [0, 0.1) is 5.82 Å². The molecule has 1 saturated heterocycles. The van der Waals surface area contributed by atoms with E-state index in [0.29, 0.717) is 6.20 Å². The van der Waals surface area contributed by atoms with E-state index in [9.17, 15) is 24.5 Å². The normalized spacial score (nSPS) is 34.0. The van der Waals surface area contributed by atoms with Gasteiger partial charge >= 0.3 is 5.69 Å². The smallest absolute Gasteiger partial charge is 0.347 e. The number of nitrogens with one attached hydrogen (secondary N) is 1. The summed E-state index contributed by atoms with van der Waals surface area (Å²) in [6.07, 6.45) is -7.10. The molecule has 10 heteroatoms. The number of hydrogen-bond donors (Lipinski definition) is 5. The maximum absolute atomic E-state index is 13.3. The highest BCUT2D eigenvalue weighted by molar-refractivity contribution is 5.09. The molecule has 1 aliphatic heterocycles. The maximum Gasteiger partial charge on any atom is 0.347 e. The highest BCUT2D eigenvalue weighted by atomic mass is 19.1. The van der Waals surface area contributed by atoms with Crippen molar-refractivity contribution in [2.45, 2.75) is 30.7 Å². The summed E-state index contributed by atoms with van der Waals surface area (Å²) in [6.45, 7) is -0.653. The van der Waals surface area contributed by atoms with Crippen LogP contribution in [0.4, 0.5) is 4.39 Å². The van der Waals surface area contributed by atoms with Crippen LogP contribution < -0.4 is 10.4 Å². The van der Waals surface area contributed by atoms with Gasteiger partial charge in [-0.3, -0.25) is 4.98 Å². The third-order valence-corrected chi connectivity index (χ3v) is 2.81. The Morgan fingerprint density at radius 1 is 1.35 bits per heavy atom. The average molecular weight is 292 g/mol. The van der Waals surface area contributed by atoms with Crippen molar-refractivity contribution in [3.8, 4) is 5.88 Å². The summed E-state index contributed by atoms with van der Waals surface area (Å²) in [5.41, 5.74) is -0.883. The first-order valence-electron chi connectivity index (χ1n) is 5.66. The van der Waals surface area contributed by atoms with Gasteiger partial charge < -0.3 is 29.9 Å². The minimum atomic E-state index is -1.70. The van der Waals surface area contributed by atoms with Crippen molar-refractivity contribution in [1.29, 1.82) is 0 Å². The number of aromatic nitrogens is 2. The SMILES string of the molecule is O=c1ncc(F)c(O[C@@H]2O[C@H](CO)[C@H](O)[C@H](O)[C@H]2O)[nH]1. The Hall–Kier alpha value is -1.59. The Balaban J connectivity index is 2.19. The number of ether oxygens (including phenoxy) is 2. The minimum Gasteiger partial charge on any atom is -0.444 e. The summed E-state index contributed by atoms with van der Waals surface area (Å²) in [6, 6.07) is 0. The van der Waals surface area contributed by atoms with E-state index < -0.39 is 54.7 Å². The molecule has 1 aromatic rings. The second-order valence-electron chi connectivity index (χ2n) is 4.18. The van der Waals surface area contributed by atoms with Crippen molar-refractivity contribution in [2.24, 2.45) is 0 Å². The van der Waals surface area contributed by atoms with Gasteiger partial charge in [-0.2, -0.15) is 9.37 Å². The van der Waals surface area contributed by atoms with Crippen LogP contribution in [-0.2, 0) is 4.74 Å². The van der Waals surface area contributed by atoms with E-state index >= 15 is 0 Å². The molecule has 0 saturated carbocycles. The number of aromatic amines is 1. The summed E-state index contributed by atoms with van der Waals surface area (Å²) in [4.78, 5) is 16.0. The summed E-state index contributed by atoms with van der Waals surface area (Å²) >= 11 is 0. The quantitative estimate of drug-likeness (QED) is 0.398. The molecule has 0 amide bonds. The fourth-order valence-corrected chi connectivity index (χ4v) is 1.73. The monoisotopic (exact) mass is 292 g/mol. The van der Waals surface area contributed by atoms with Crippen molar-refractivity contribution < 1.29 is 34.3 Å². The largest absolute Gasteiger partial charge is 0.444 e. The fraction of sp³-hybridized carbons (Fsp3) is 0.600. The lowest BCUT2D eigenvalue weighted by atomic mass is 9.99. The Labute approximate surface area is 111 Å². The van der Waals surface area contributed by atoms with Crippen molar-refractivity contribution >= 4 is 0 Å². The molecule has 0 unspecified atom stereocenters. The van der Waals surface area contributed by atoms with Gasteiger partial charge in [-0.25, -0.2) is 4.79 Å². The van der Waals surface area contributed by atoms with Crippen molar-refractivity contribution in [3.05, 3.63) is 22.5 Å². The molecule has 0 aromatic carbocycles. The molecule has 20 heavy (non-hydrogen) atoms. The first-order chi connectivity index (χ1) is 9.43. The number of rotatable bonds is 3. The topological polar surface area (TPSA) is 145 Å². The number of H-pyrrole nitrogens is 1. The molecule has 112 valence electrons. The van der Waals surface area contributed by atoms with Crippen LogP contribution in [0.5, 0.6) is 5.88 Å². The maximum atomic E-state index is 13.3. The molecule has 0 bridgehead atoms. The Kier molecular flexibility index (Phi) is 4.30. The first-order valence-corrected chi connectivity index (χ1v) is 5.66. The fourth-order valence-electron chi connectivity index (χ4n) is 1.73. The molecule has 2 heterocycles. The molecule has 1 aromatic heterocycles. The molecule has 2 rings (SSSR count). The lowest BCUT2D eigenvalue weighted by molar-refractivity contribution is -0.278. The third-order valence-electron chi connectivity index (χ3n) is 2.81. The molecule has 5 atom stereocenters. The summed E-state index contributed by atoms with van der Waals surface area (Å²) < 4.78 is 23.2. The zero-order valence-corrected chi connectivity index (χ0v) is 10.0. The molecule has 0 spiro atoms. The number of halogens is 1. The third kappa shape index (κ3) is 2.78. The van der Waals surface area contributed by atoms with E-state index in [2.05, 4.69) is 4.98 Å². The van der Waals surface area contributed by atoms with Gasteiger partial charge in [0, 0.05) is 0 Å². The van der Waals surface area contributed by atoms with Crippen LogP contribution in [0.1, 0.15) is 0 Å². The highest BCUT2D eigenvalue weighted by Crippen LogP contribution is 2.23. The zero-order chi connectivity index (χ0) is 14.9. The van der Waals surface area contributed by atoms with Crippen LogP contribution in [0.3, 0.4) is 0 Å². The average Bonchev–Trinajstić information content (AvgIpc) is 2.43. The van der Waals surface area contributed by atoms with E-state index in [1.807, 2.05) is 4.98 Å². The van der Waals surface area contributed by atoms with Gasteiger partial charge in [0.15, 0.2) is 0 Å². The lowest BCUT2D eigenvalue weighted by Gasteiger charge is -2.39. The Morgan fingerprint density at radius 3 is 2.70 bits per heavy atom. The number of aliphatic hydroxyl groups is 4. The highest BCUT2D eigenvalue weighted by Gasteiger charge is 2.45. The number of hydrogen-bond acceptors (Lipinski definition) is 8. The summed E-state index contributed by atoms with van der Waals surface area (Å²) in [7, 11) is 0. The van der Waals surface area contributed by atoms with Crippen LogP contribution in [0.15, 0.2) is 11.0 Å². The molecule has 1 aliphatic rings. The van der Waals surface area contributed by atoms with Crippen LogP contribution in [0.25, 0.3) is 0 Å². The molecule has 9 nitrogen and oxygen atoms in total. The molecule has 5 N–H and O–H groups in total. The number of aliphatic hydroxyl groups excluding tert-OH is 4. The van der Waals surface area contributed by atoms with E-state index in [4.69, 9.17) is 14.6 Å². The van der Waals surface area contributed by atoms with Gasteiger partial charge in [-0.15, -0.1) is 0 Å². The van der Waals surface area contributed by atoms with Crippen molar-refractivity contribution in [1.82, 2.24) is 9.97 Å². The first kappa shape index (κ1) is 14.8. The standard InChI is InChI=1S/C10H13FN2O7/c11-3-1-12-10(18)13-8(3)20-9-7(17)6(16)5(15)4(2-14)19-9/h1,4-7,9,14-17H,2H2,(H,12,13,18)/t4-,5+,6+,7-,9+/m1/s1. The predicted octanol–water partition coefficient (Wildman–Crippen LogP) is -2.91. The Morgan fingerprint density at radius 2 is 2.05 bits per heavy atom. The summed E-state index contributed by atoms with van der Waals surface area (Å²) in [5, 5.41) is 37.7. The van der Waals surface area contributed by atoms with Crippen LogP contribution in [0.2, 0.25) is 0 Å². The van der Waals surface area contributed by atoms with Crippen molar-refractivity contribution in [3.63, 3.8) is 0 Å². The van der Waals surface area contributed by atoms with Gasteiger partial charge in [0.25, 0.3) is 0 Å². The van der Waals surface area contributed by atoms with Gasteiger partial charge in [-0.1, -0.05) is 0 Å². The molecule has 1 fully saturated rings. The van der Waals surface area contributed by atoms with Gasteiger partial charge in [0.1, 0.15) is 24.4 Å². The summed E-state index contributed by atoms with van der Waals surface area (Å²) in [5.74, 6) is -1.66.